The second kappa shape index (κ2) is 7.70. The highest BCUT2D eigenvalue weighted by atomic mass is 79.9. The maximum absolute atomic E-state index is 5.30. The van der Waals surface area contributed by atoms with Gasteiger partial charge in [-0.2, -0.15) is 5.10 Å². The van der Waals surface area contributed by atoms with Crippen molar-refractivity contribution < 1.29 is 4.74 Å². The van der Waals surface area contributed by atoms with E-state index in [4.69, 9.17) is 17.0 Å². The maximum Gasteiger partial charge on any atom is 0.169 e. The largest absolute Gasteiger partial charge is 0.383 e. The molecule has 0 bridgehead atoms. The summed E-state index contributed by atoms with van der Waals surface area (Å²) in [5.74, 6) is 0. The first-order valence-electron chi connectivity index (χ1n) is 5.78. The van der Waals surface area contributed by atoms with Gasteiger partial charge >= 0.3 is 0 Å². The molecule has 7 heteroatoms. The molecule has 0 aliphatic carbocycles. The van der Waals surface area contributed by atoms with Gasteiger partial charge in [0.25, 0.3) is 0 Å². The molecular formula is C11H19BrN4OS. The minimum atomic E-state index is 0.643. The summed E-state index contributed by atoms with van der Waals surface area (Å²) in [7, 11) is 3.63. The number of hydrogen-bond acceptors (Lipinski definition) is 3. The van der Waals surface area contributed by atoms with Crippen molar-refractivity contribution in [2.45, 2.75) is 20.0 Å². The quantitative estimate of drug-likeness (QED) is 0.632. The van der Waals surface area contributed by atoms with Crippen LogP contribution < -0.4 is 5.32 Å². The molecule has 0 radical (unpaired) electrons. The molecule has 0 spiro atoms. The van der Waals surface area contributed by atoms with E-state index < -0.39 is 0 Å². The zero-order valence-electron chi connectivity index (χ0n) is 10.9. The molecule has 1 aromatic heterocycles. The highest BCUT2D eigenvalue weighted by molar-refractivity contribution is 9.10. The number of nitrogens with zero attached hydrogens (tertiary/aromatic N) is 3. The molecule has 0 aliphatic heterocycles. The van der Waals surface area contributed by atoms with Crippen LogP contribution in [0, 0.1) is 0 Å². The van der Waals surface area contributed by atoms with Crippen LogP contribution in [0.4, 0.5) is 0 Å². The van der Waals surface area contributed by atoms with Crippen LogP contribution in [0.2, 0.25) is 0 Å². The van der Waals surface area contributed by atoms with E-state index in [0.717, 1.165) is 16.7 Å². The van der Waals surface area contributed by atoms with E-state index in [-0.39, 0.29) is 0 Å². The van der Waals surface area contributed by atoms with Crippen LogP contribution in [0.5, 0.6) is 0 Å². The fourth-order valence-electron chi connectivity index (χ4n) is 1.51. The molecule has 18 heavy (non-hydrogen) atoms. The van der Waals surface area contributed by atoms with E-state index in [9.17, 15) is 0 Å². The van der Waals surface area contributed by atoms with Crippen molar-refractivity contribution in [3.05, 3.63) is 16.4 Å². The number of methoxy groups -OCH3 is 1. The van der Waals surface area contributed by atoms with Crippen molar-refractivity contribution in [2.75, 3.05) is 27.3 Å². The van der Waals surface area contributed by atoms with Gasteiger partial charge in [0.05, 0.1) is 29.5 Å². The zero-order valence-corrected chi connectivity index (χ0v) is 13.3. The third-order valence-electron chi connectivity index (χ3n) is 2.51. The van der Waals surface area contributed by atoms with Crippen LogP contribution >= 0.6 is 28.1 Å². The Balaban J connectivity index is 2.55. The first kappa shape index (κ1) is 15.4. The summed E-state index contributed by atoms with van der Waals surface area (Å²) in [5, 5.41) is 8.13. The van der Waals surface area contributed by atoms with E-state index >= 15 is 0 Å². The summed E-state index contributed by atoms with van der Waals surface area (Å²) in [6.45, 7) is 4.99. The lowest BCUT2D eigenvalue weighted by atomic mass is 10.4. The Labute approximate surface area is 122 Å². The molecule has 0 saturated heterocycles. The van der Waals surface area contributed by atoms with E-state index in [1.165, 1.54) is 0 Å². The molecule has 1 N–H and O–H groups in total. The van der Waals surface area contributed by atoms with Crippen molar-refractivity contribution in [3.8, 4) is 0 Å². The summed E-state index contributed by atoms with van der Waals surface area (Å²) < 4.78 is 7.94. The number of hydrogen-bond donors (Lipinski definition) is 1. The first-order valence-corrected chi connectivity index (χ1v) is 6.98. The van der Waals surface area contributed by atoms with Crippen molar-refractivity contribution in [1.82, 2.24) is 20.0 Å². The number of thiocarbonyl (C=S) groups is 1. The average molecular weight is 335 g/mol. The molecule has 0 atom stereocenters. The Kier molecular flexibility index (Phi) is 6.59. The van der Waals surface area contributed by atoms with Gasteiger partial charge in [0, 0.05) is 27.2 Å². The van der Waals surface area contributed by atoms with Crippen molar-refractivity contribution in [3.63, 3.8) is 0 Å². The normalized spacial score (nSPS) is 10.4. The topological polar surface area (TPSA) is 42.3 Å². The number of ether oxygens (including phenoxy) is 1. The monoisotopic (exact) mass is 334 g/mol. The molecular weight excluding hydrogens is 316 g/mol. The maximum atomic E-state index is 5.30. The molecule has 1 rings (SSSR count). The molecule has 0 fully saturated rings. The number of rotatable bonds is 6. The zero-order chi connectivity index (χ0) is 13.5. The number of halogens is 1. The van der Waals surface area contributed by atoms with Crippen LogP contribution in [0.25, 0.3) is 0 Å². The van der Waals surface area contributed by atoms with Gasteiger partial charge in [-0.15, -0.1) is 0 Å². The van der Waals surface area contributed by atoms with Gasteiger partial charge in [0.2, 0.25) is 0 Å². The van der Waals surface area contributed by atoms with Crippen molar-refractivity contribution >= 4 is 33.3 Å². The lowest BCUT2D eigenvalue weighted by Crippen LogP contribution is -2.38. The summed E-state index contributed by atoms with van der Waals surface area (Å²) in [5.41, 5.74) is 1.12. The summed E-state index contributed by atoms with van der Waals surface area (Å²) in [6.07, 6.45) is 1.81. The predicted molar refractivity (Wildman–Crippen MR) is 79.5 cm³/mol. The molecule has 1 heterocycles. The second-order valence-corrected chi connectivity index (χ2v) is 5.08. The smallest absolute Gasteiger partial charge is 0.169 e. The molecule has 5 nitrogen and oxygen atoms in total. The van der Waals surface area contributed by atoms with E-state index in [1.54, 1.807) is 7.11 Å². The first-order chi connectivity index (χ1) is 8.60. The number of aryl methyl sites for hydroxylation is 1. The van der Waals surface area contributed by atoms with Crippen LogP contribution in [0.3, 0.4) is 0 Å². The van der Waals surface area contributed by atoms with Gasteiger partial charge in [-0.05, 0) is 35.1 Å². The predicted octanol–water partition coefficient (Wildman–Crippen LogP) is 1.62. The SMILES string of the molecule is CCn1ncc(Br)c1CN(C)C(=S)NCCOC. The molecule has 1 aromatic rings. The van der Waals surface area contributed by atoms with Crippen LogP contribution in [-0.2, 0) is 17.8 Å². The van der Waals surface area contributed by atoms with Gasteiger partial charge in [0.15, 0.2) is 5.11 Å². The lowest BCUT2D eigenvalue weighted by Gasteiger charge is -2.21. The Bertz CT molecular complexity index is 396. The van der Waals surface area contributed by atoms with Crippen LogP contribution in [0.1, 0.15) is 12.6 Å². The Morgan fingerprint density at radius 3 is 3.00 bits per heavy atom. The summed E-state index contributed by atoms with van der Waals surface area (Å²) in [6, 6.07) is 0. The number of aromatic nitrogens is 2. The summed E-state index contributed by atoms with van der Waals surface area (Å²) in [4.78, 5) is 1.99. The lowest BCUT2D eigenvalue weighted by molar-refractivity contribution is 0.203. The van der Waals surface area contributed by atoms with Gasteiger partial charge in [0.1, 0.15) is 0 Å². The third kappa shape index (κ3) is 4.22. The second-order valence-electron chi connectivity index (χ2n) is 3.84. The van der Waals surface area contributed by atoms with Gasteiger partial charge in [-0.3, -0.25) is 4.68 Å². The van der Waals surface area contributed by atoms with E-state index in [0.29, 0.717) is 24.8 Å². The molecule has 0 unspecified atom stereocenters. The van der Waals surface area contributed by atoms with Gasteiger partial charge in [-0.25, -0.2) is 0 Å². The van der Waals surface area contributed by atoms with Crippen LogP contribution in [0.15, 0.2) is 10.7 Å². The molecule has 0 aromatic carbocycles. The molecule has 102 valence electrons. The Hall–Kier alpha value is -0.660. The average Bonchev–Trinajstić information content (AvgIpc) is 2.70. The fourth-order valence-corrected chi connectivity index (χ4v) is 2.10. The molecule has 0 aliphatic rings. The van der Waals surface area contributed by atoms with E-state index in [2.05, 4.69) is 33.3 Å². The highest BCUT2D eigenvalue weighted by Gasteiger charge is 2.12. The minimum Gasteiger partial charge on any atom is -0.383 e. The molecule has 0 amide bonds. The Morgan fingerprint density at radius 2 is 2.39 bits per heavy atom. The summed E-state index contributed by atoms with van der Waals surface area (Å²) >= 11 is 8.81. The fraction of sp³-hybridized carbons (Fsp3) is 0.636. The highest BCUT2D eigenvalue weighted by Crippen LogP contribution is 2.17. The van der Waals surface area contributed by atoms with Crippen molar-refractivity contribution in [1.29, 1.82) is 0 Å². The van der Waals surface area contributed by atoms with Gasteiger partial charge in [-0.1, -0.05) is 0 Å². The standard InChI is InChI=1S/C11H19BrN4OS/c1-4-16-10(9(12)7-14-16)8-15(2)11(18)13-5-6-17-3/h7H,4-6,8H2,1-3H3,(H,13,18). The van der Waals surface area contributed by atoms with Gasteiger partial charge < -0.3 is 15.0 Å². The minimum absolute atomic E-state index is 0.643. The number of nitrogens with one attached hydrogen (secondary N) is 1. The third-order valence-corrected chi connectivity index (χ3v) is 3.63. The van der Waals surface area contributed by atoms with E-state index in [1.807, 2.05) is 22.8 Å². The molecule has 0 saturated carbocycles. The van der Waals surface area contributed by atoms with Crippen molar-refractivity contribution in [2.24, 2.45) is 0 Å². The van der Waals surface area contributed by atoms with Crippen LogP contribution in [-0.4, -0.2) is 47.1 Å². The Morgan fingerprint density at radius 1 is 1.67 bits per heavy atom.